The van der Waals surface area contributed by atoms with E-state index in [0.29, 0.717) is 12.8 Å². The van der Waals surface area contributed by atoms with Crippen LogP contribution in [0.25, 0.3) is 0 Å². The molecule has 10 heteroatoms. The van der Waals surface area contributed by atoms with Crippen molar-refractivity contribution in [3.8, 4) is 0 Å². The summed E-state index contributed by atoms with van der Waals surface area (Å²) >= 11 is 0. The predicted molar refractivity (Wildman–Crippen MR) is 95.5 cm³/mol. The van der Waals surface area contributed by atoms with Crippen LogP contribution in [0.5, 0.6) is 0 Å². The van der Waals surface area contributed by atoms with Gasteiger partial charge in [0.25, 0.3) is 11.6 Å². The van der Waals surface area contributed by atoms with Crippen molar-refractivity contribution >= 4 is 29.3 Å². The Balaban J connectivity index is 1.49. The van der Waals surface area contributed by atoms with Gasteiger partial charge in [0.05, 0.1) is 16.8 Å². The molecule has 1 saturated heterocycles. The molecule has 3 rings (SSSR count). The number of hydrogen-bond acceptors (Lipinski definition) is 6. The van der Waals surface area contributed by atoms with Gasteiger partial charge in [0, 0.05) is 30.7 Å². The van der Waals surface area contributed by atoms with E-state index < -0.39 is 16.7 Å². The maximum atomic E-state index is 12.3. The first kappa shape index (κ1) is 19.5. The van der Waals surface area contributed by atoms with Gasteiger partial charge in [-0.15, -0.1) is 0 Å². The van der Waals surface area contributed by atoms with Crippen molar-refractivity contribution in [1.82, 2.24) is 15.8 Å². The highest BCUT2D eigenvalue weighted by Crippen LogP contribution is 2.37. The van der Waals surface area contributed by atoms with Gasteiger partial charge in [-0.3, -0.25) is 45.0 Å². The molecule has 1 saturated carbocycles. The second-order valence-corrected chi connectivity index (χ2v) is 6.89. The summed E-state index contributed by atoms with van der Waals surface area (Å²) in [5, 5.41) is 10.7. The third-order valence-electron chi connectivity index (χ3n) is 5.13. The Labute approximate surface area is 160 Å². The van der Waals surface area contributed by atoms with Crippen LogP contribution in [0.3, 0.4) is 0 Å². The Morgan fingerprint density at radius 2 is 1.75 bits per heavy atom. The fourth-order valence-corrected chi connectivity index (χ4v) is 3.69. The molecule has 1 aliphatic carbocycles. The molecule has 10 nitrogen and oxygen atoms in total. The number of imide groups is 1. The predicted octanol–water partition coefficient (Wildman–Crippen LogP) is 0.921. The Kier molecular flexibility index (Phi) is 5.67. The number of hydrogen-bond donors (Lipinski definition) is 2. The maximum Gasteiger partial charge on any atom is 0.270 e. The molecule has 0 bridgehead atoms. The zero-order valence-electron chi connectivity index (χ0n) is 15.1. The molecule has 4 amide bonds. The molecule has 0 spiro atoms. The van der Waals surface area contributed by atoms with Crippen molar-refractivity contribution < 1.29 is 24.1 Å². The number of likely N-dealkylation sites (tertiary alicyclic amines) is 1. The highest BCUT2D eigenvalue weighted by Gasteiger charge is 2.47. The minimum atomic E-state index is -0.712. The largest absolute Gasteiger partial charge is 0.282 e. The molecule has 2 aliphatic rings. The van der Waals surface area contributed by atoms with Crippen molar-refractivity contribution in [2.24, 2.45) is 11.8 Å². The van der Waals surface area contributed by atoms with E-state index in [4.69, 9.17) is 0 Å². The summed E-state index contributed by atoms with van der Waals surface area (Å²) in [6, 6.07) is 5.07. The molecule has 2 atom stereocenters. The summed E-state index contributed by atoms with van der Waals surface area (Å²) in [5.41, 5.74) is 4.12. The van der Waals surface area contributed by atoms with Gasteiger partial charge in [0.1, 0.15) is 0 Å². The van der Waals surface area contributed by atoms with E-state index in [-0.39, 0.29) is 47.9 Å². The highest BCUT2D eigenvalue weighted by molar-refractivity contribution is 6.05. The number of hydrazine groups is 1. The molecule has 148 valence electrons. The fourth-order valence-electron chi connectivity index (χ4n) is 3.69. The topological polar surface area (TPSA) is 139 Å². The zero-order valence-corrected chi connectivity index (χ0v) is 15.1. The van der Waals surface area contributed by atoms with Crippen LogP contribution in [0.15, 0.2) is 24.3 Å². The van der Waals surface area contributed by atoms with Crippen molar-refractivity contribution in [3.63, 3.8) is 0 Å². The van der Waals surface area contributed by atoms with Gasteiger partial charge >= 0.3 is 0 Å². The summed E-state index contributed by atoms with van der Waals surface area (Å²) in [7, 11) is 0. The molecular formula is C18H20N4O6. The first-order valence-corrected chi connectivity index (χ1v) is 9.07. The van der Waals surface area contributed by atoms with Crippen LogP contribution >= 0.6 is 0 Å². The quantitative estimate of drug-likeness (QED) is 0.437. The number of non-ortho nitro benzene ring substituents is 1. The number of nitro benzene ring substituents is 1. The molecule has 2 N–H and O–H groups in total. The van der Waals surface area contributed by atoms with Crippen LogP contribution in [0, 0.1) is 22.0 Å². The summed E-state index contributed by atoms with van der Waals surface area (Å²) in [4.78, 5) is 59.9. The smallest absolute Gasteiger partial charge is 0.270 e. The van der Waals surface area contributed by atoms with Gasteiger partial charge in [-0.2, -0.15) is 0 Å². The molecule has 28 heavy (non-hydrogen) atoms. The van der Waals surface area contributed by atoms with Crippen molar-refractivity contribution in [1.29, 1.82) is 0 Å². The molecule has 0 aromatic heterocycles. The Morgan fingerprint density at radius 3 is 2.36 bits per heavy atom. The third-order valence-corrected chi connectivity index (χ3v) is 5.13. The lowest BCUT2D eigenvalue weighted by Gasteiger charge is -2.19. The van der Waals surface area contributed by atoms with Crippen molar-refractivity contribution in [2.45, 2.75) is 32.1 Å². The lowest BCUT2D eigenvalue weighted by atomic mass is 9.81. The molecule has 2 fully saturated rings. The first-order chi connectivity index (χ1) is 13.4. The Bertz CT molecular complexity index is 815. The minimum absolute atomic E-state index is 0.0171. The summed E-state index contributed by atoms with van der Waals surface area (Å²) < 4.78 is 0. The fraction of sp³-hybridized carbons (Fsp3) is 0.444. The van der Waals surface area contributed by atoms with Gasteiger partial charge < -0.3 is 0 Å². The number of nitro groups is 1. The van der Waals surface area contributed by atoms with Gasteiger partial charge in [0.2, 0.25) is 17.7 Å². The standard InChI is InChI=1S/C18H20N4O6/c23-15(19-20-16(24)11-4-3-5-12(10-11)22(27)28)8-9-21-17(25)13-6-1-2-7-14(13)18(21)26/h3-5,10,13-14H,1-2,6-9H2,(H,19,23)(H,20,24)/t13-,14+. The lowest BCUT2D eigenvalue weighted by molar-refractivity contribution is -0.384. The lowest BCUT2D eigenvalue weighted by Crippen LogP contribution is -2.43. The number of carbonyl (C=O) groups is 4. The molecule has 1 aromatic carbocycles. The van der Waals surface area contributed by atoms with E-state index in [9.17, 15) is 29.3 Å². The second kappa shape index (κ2) is 8.15. The number of amides is 4. The van der Waals surface area contributed by atoms with Crippen LogP contribution in [-0.4, -0.2) is 40.0 Å². The van der Waals surface area contributed by atoms with Crippen LogP contribution in [0.4, 0.5) is 5.69 Å². The monoisotopic (exact) mass is 388 g/mol. The van der Waals surface area contributed by atoms with Gasteiger partial charge in [-0.05, 0) is 18.9 Å². The molecule has 0 radical (unpaired) electrons. The number of nitrogens with one attached hydrogen (secondary N) is 2. The third kappa shape index (κ3) is 4.00. The average Bonchev–Trinajstić information content (AvgIpc) is 2.95. The summed E-state index contributed by atoms with van der Waals surface area (Å²) in [6.45, 7) is -0.0385. The average molecular weight is 388 g/mol. The normalized spacial score (nSPS) is 21.2. The molecular weight excluding hydrogens is 368 g/mol. The van der Waals surface area contributed by atoms with E-state index >= 15 is 0 Å². The Morgan fingerprint density at radius 1 is 1.11 bits per heavy atom. The van der Waals surface area contributed by atoms with Crippen LogP contribution in [0.1, 0.15) is 42.5 Å². The van der Waals surface area contributed by atoms with Crippen LogP contribution in [-0.2, 0) is 14.4 Å². The number of carbonyl (C=O) groups excluding carboxylic acids is 4. The van der Waals surface area contributed by atoms with E-state index in [1.54, 1.807) is 0 Å². The second-order valence-electron chi connectivity index (χ2n) is 6.89. The van der Waals surface area contributed by atoms with E-state index in [2.05, 4.69) is 10.9 Å². The van der Waals surface area contributed by atoms with E-state index in [1.165, 1.54) is 18.2 Å². The molecule has 1 heterocycles. The molecule has 1 aromatic rings. The maximum absolute atomic E-state index is 12.3. The highest BCUT2D eigenvalue weighted by atomic mass is 16.6. The van der Waals surface area contributed by atoms with Crippen LogP contribution in [0.2, 0.25) is 0 Å². The first-order valence-electron chi connectivity index (χ1n) is 9.07. The van der Waals surface area contributed by atoms with Crippen LogP contribution < -0.4 is 10.9 Å². The summed E-state index contributed by atoms with van der Waals surface area (Å²) in [5.74, 6) is -2.26. The minimum Gasteiger partial charge on any atom is -0.282 e. The molecule has 0 unspecified atom stereocenters. The van der Waals surface area contributed by atoms with Gasteiger partial charge in [-0.1, -0.05) is 18.9 Å². The SMILES string of the molecule is O=C(CCN1C(=O)[C@H]2CCCC[C@H]2C1=O)NNC(=O)c1cccc([N+](=O)[O-])c1. The molecule has 1 aliphatic heterocycles. The van der Waals surface area contributed by atoms with Gasteiger partial charge in [0.15, 0.2) is 0 Å². The number of nitrogens with zero attached hydrogens (tertiary/aromatic N) is 2. The van der Waals surface area contributed by atoms with E-state index in [0.717, 1.165) is 23.8 Å². The zero-order chi connectivity index (χ0) is 20.3. The van der Waals surface area contributed by atoms with Gasteiger partial charge in [-0.25, -0.2) is 0 Å². The summed E-state index contributed by atoms with van der Waals surface area (Å²) in [6.07, 6.45) is 3.12. The van der Waals surface area contributed by atoms with Crippen molar-refractivity contribution in [3.05, 3.63) is 39.9 Å². The van der Waals surface area contributed by atoms with E-state index in [1.807, 2.05) is 0 Å². The number of rotatable bonds is 5. The Hall–Kier alpha value is -3.30. The van der Waals surface area contributed by atoms with Crippen molar-refractivity contribution in [2.75, 3.05) is 6.54 Å². The number of fused-ring (bicyclic) bond motifs is 1. The number of benzene rings is 1.